The second-order valence-corrected chi connectivity index (χ2v) is 7.00. The highest BCUT2D eigenvalue weighted by Crippen LogP contribution is 2.36. The Balaban J connectivity index is 0.000000913. The third-order valence-corrected chi connectivity index (χ3v) is 4.86. The van der Waals surface area contributed by atoms with Crippen LogP contribution in [0.5, 0.6) is 5.88 Å². The van der Waals surface area contributed by atoms with E-state index in [9.17, 15) is 0 Å². The minimum Gasteiger partial charge on any atom is -0.475 e. The number of hydrogen-bond donors (Lipinski definition) is 2. The van der Waals surface area contributed by atoms with Crippen molar-refractivity contribution < 1.29 is 14.3 Å². The number of amides is 1. The normalized spacial score (nSPS) is 10.3. The van der Waals surface area contributed by atoms with Crippen LogP contribution in [0.2, 0.25) is 5.02 Å². The van der Waals surface area contributed by atoms with Gasteiger partial charge >= 0.3 is 0 Å². The third-order valence-electron chi connectivity index (χ3n) is 4.53. The SMILES string of the molecule is COCCOc1cc(-n2cc(-c3ncn[nH]3)c(-c3ccccc3Cl)c2)c(C)cn1.NC=O. The van der Waals surface area contributed by atoms with E-state index in [1.165, 1.54) is 6.33 Å². The molecule has 0 saturated carbocycles. The summed E-state index contributed by atoms with van der Waals surface area (Å²) in [5.41, 5.74) is 8.89. The maximum absolute atomic E-state index is 8.58. The van der Waals surface area contributed by atoms with E-state index >= 15 is 0 Å². The first kappa shape index (κ1) is 23.0. The van der Waals surface area contributed by atoms with Crippen LogP contribution in [0, 0.1) is 6.92 Å². The monoisotopic (exact) mass is 454 g/mol. The van der Waals surface area contributed by atoms with Crippen LogP contribution < -0.4 is 10.5 Å². The molecule has 1 aromatic carbocycles. The van der Waals surface area contributed by atoms with Gasteiger partial charge in [0.2, 0.25) is 12.3 Å². The molecule has 0 saturated heterocycles. The van der Waals surface area contributed by atoms with Crippen LogP contribution in [-0.2, 0) is 9.53 Å². The highest BCUT2D eigenvalue weighted by molar-refractivity contribution is 6.33. The molecular weight excluding hydrogens is 432 g/mol. The molecule has 4 aromatic rings. The topological polar surface area (TPSA) is 121 Å². The Morgan fingerprint density at radius 1 is 1.16 bits per heavy atom. The average molecular weight is 455 g/mol. The van der Waals surface area contributed by atoms with E-state index in [0.29, 0.717) is 29.9 Å². The number of carbonyl (C=O) groups excluding carboxylic acids is 1. The van der Waals surface area contributed by atoms with Crippen LogP contribution in [0.1, 0.15) is 5.56 Å². The number of hydrogen-bond acceptors (Lipinski definition) is 6. The van der Waals surface area contributed by atoms with E-state index in [4.69, 9.17) is 25.9 Å². The largest absolute Gasteiger partial charge is 0.475 e. The van der Waals surface area contributed by atoms with E-state index in [1.54, 1.807) is 13.3 Å². The number of nitrogens with one attached hydrogen (secondary N) is 1. The molecule has 4 rings (SSSR count). The summed E-state index contributed by atoms with van der Waals surface area (Å²) in [6.07, 6.45) is 7.56. The molecular formula is C22H23ClN6O3. The Morgan fingerprint density at radius 2 is 1.91 bits per heavy atom. The summed E-state index contributed by atoms with van der Waals surface area (Å²) in [6.45, 7) is 2.94. The Morgan fingerprint density at radius 3 is 2.59 bits per heavy atom. The van der Waals surface area contributed by atoms with E-state index < -0.39 is 0 Å². The van der Waals surface area contributed by atoms with Gasteiger partial charge in [0.1, 0.15) is 12.9 Å². The van der Waals surface area contributed by atoms with E-state index in [-0.39, 0.29) is 6.41 Å². The van der Waals surface area contributed by atoms with Crippen molar-refractivity contribution in [1.82, 2.24) is 24.7 Å². The van der Waals surface area contributed by atoms with Gasteiger partial charge in [-0.15, -0.1) is 0 Å². The van der Waals surface area contributed by atoms with Crippen molar-refractivity contribution in [2.75, 3.05) is 20.3 Å². The highest BCUT2D eigenvalue weighted by atomic mass is 35.5. The quantitative estimate of drug-likeness (QED) is 0.326. The zero-order chi connectivity index (χ0) is 22.9. The smallest absolute Gasteiger partial charge is 0.215 e. The molecule has 3 heterocycles. The molecule has 10 heteroatoms. The summed E-state index contributed by atoms with van der Waals surface area (Å²) in [5, 5.41) is 7.60. The number of aromatic nitrogens is 5. The number of H-pyrrole nitrogens is 1. The number of aryl methyl sites for hydroxylation is 1. The van der Waals surface area contributed by atoms with Gasteiger partial charge in [0.15, 0.2) is 5.82 Å². The van der Waals surface area contributed by atoms with Crippen LogP contribution >= 0.6 is 11.6 Å². The molecule has 0 aliphatic heterocycles. The first-order valence-corrected chi connectivity index (χ1v) is 10.0. The molecule has 1 amide bonds. The van der Waals surface area contributed by atoms with Crippen molar-refractivity contribution in [1.29, 1.82) is 0 Å². The minimum absolute atomic E-state index is 0.250. The molecule has 166 valence electrons. The summed E-state index contributed by atoms with van der Waals surface area (Å²) in [6, 6.07) is 9.64. The molecule has 9 nitrogen and oxygen atoms in total. The van der Waals surface area contributed by atoms with Gasteiger partial charge in [0.05, 0.1) is 12.3 Å². The van der Waals surface area contributed by atoms with Crippen LogP contribution in [0.25, 0.3) is 28.2 Å². The predicted octanol–water partition coefficient (Wildman–Crippen LogP) is 3.41. The van der Waals surface area contributed by atoms with Crippen molar-refractivity contribution in [2.45, 2.75) is 6.92 Å². The lowest BCUT2D eigenvalue weighted by atomic mass is 10.0. The Kier molecular flexibility index (Phi) is 7.96. The predicted molar refractivity (Wildman–Crippen MR) is 122 cm³/mol. The number of rotatable bonds is 7. The first-order chi connectivity index (χ1) is 15.6. The van der Waals surface area contributed by atoms with Crippen molar-refractivity contribution >= 4 is 18.0 Å². The number of primary amides is 1. The van der Waals surface area contributed by atoms with Crippen molar-refractivity contribution in [3.05, 3.63) is 65.8 Å². The van der Waals surface area contributed by atoms with Gasteiger partial charge in [-0.05, 0) is 18.6 Å². The second-order valence-electron chi connectivity index (χ2n) is 6.59. The fourth-order valence-corrected chi connectivity index (χ4v) is 3.33. The summed E-state index contributed by atoms with van der Waals surface area (Å²) in [5.74, 6) is 1.21. The summed E-state index contributed by atoms with van der Waals surface area (Å²) in [7, 11) is 1.64. The molecule has 3 aromatic heterocycles. The average Bonchev–Trinajstić information content (AvgIpc) is 3.46. The zero-order valence-corrected chi connectivity index (χ0v) is 18.4. The number of benzene rings is 1. The molecule has 0 aliphatic carbocycles. The summed E-state index contributed by atoms with van der Waals surface area (Å²) < 4.78 is 12.7. The van der Waals surface area contributed by atoms with Crippen molar-refractivity contribution in [2.24, 2.45) is 5.73 Å². The maximum Gasteiger partial charge on any atom is 0.215 e. The molecule has 0 atom stereocenters. The van der Waals surface area contributed by atoms with Crippen LogP contribution in [0.15, 0.2) is 55.2 Å². The molecule has 0 aliphatic rings. The molecule has 32 heavy (non-hydrogen) atoms. The van der Waals surface area contributed by atoms with Gasteiger partial charge in [0.25, 0.3) is 0 Å². The summed E-state index contributed by atoms with van der Waals surface area (Å²) in [4.78, 5) is 17.3. The van der Waals surface area contributed by atoms with E-state index in [1.807, 2.05) is 54.2 Å². The van der Waals surface area contributed by atoms with Gasteiger partial charge in [-0.3, -0.25) is 9.89 Å². The van der Waals surface area contributed by atoms with Gasteiger partial charge < -0.3 is 19.8 Å². The third kappa shape index (κ3) is 5.32. The summed E-state index contributed by atoms with van der Waals surface area (Å²) >= 11 is 6.48. The zero-order valence-electron chi connectivity index (χ0n) is 17.7. The van der Waals surface area contributed by atoms with Gasteiger partial charge in [-0.1, -0.05) is 29.8 Å². The van der Waals surface area contributed by atoms with Crippen molar-refractivity contribution in [3.8, 4) is 34.1 Å². The number of carbonyl (C=O) groups is 1. The Bertz CT molecular complexity index is 1160. The highest BCUT2D eigenvalue weighted by Gasteiger charge is 2.17. The standard InChI is InChI=1S/C21H20ClN5O2.CH3NO/c1-14-10-23-20(29-8-7-28-2)9-19(14)27-11-16(15-5-3-4-6-18(15)22)17(12-27)21-24-13-25-26-21;2-1-3/h3-6,9-13H,7-8H2,1-2H3,(H,24,25,26);1H,(H2,2,3). The molecule has 0 unspecified atom stereocenters. The number of pyridine rings is 1. The lowest BCUT2D eigenvalue weighted by Gasteiger charge is -2.10. The number of methoxy groups -OCH3 is 1. The molecule has 0 radical (unpaired) electrons. The number of aromatic amines is 1. The van der Waals surface area contributed by atoms with Crippen LogP contribution in [0.3, 0.4) is 0 Å². The number of halogens is 1. The van der Waals surface area contributed by atoms with E-state index in [2.05, 4.69) is 25.9 Å². The van der Waals surface area contributed by atoms with Crippen LogP contribution in [0.4, 0.5) is 0 Å². The molecule has 0 spiro atoms. The van der Waals surface area contributed by atoms with Crippen molar-refractivity contribution in [3.63, 3.8) is 0 Å². The van der Waals surface area contributed by atoms with Crippen LogP contribution in [-0.4, -0.2) is 51.5 Å². The lowest BCUT2D eigenvalue weighted by molar-refractivity contribution is -0.106. The van der Waals surface area contributed by atoms with Gasteiger partial charge in [-0.25, -0.2) is 9.97 Å². The van der Waals surface area contributed by atoms with E-state index in [0.717, 1.165) is 27.9 Å². The fraction of sp³-hybridized carbons (Fsp3) is 0.182. The second kappa shape index (κ2) is 11.1. The minimum atomic E-state index is 0.250. The fourth-order valence-electron chi connectivity index (χ4n) is 3.09. The number of ether oxygens (including phenoxy) is 2. The Hall–Kier alpha value is -3.69. The number of nitrogens with zero attached hydrogens (tertiary/aromatic N) is 4. The molecule has 0 fully saturated rings. The van der Waals surface area contributed by atoms with Gasteiger partial charge in [0, 0.05) is 53.5 Å². The maximum atomic E-state index is 8.58. The first-order valence-electron chi connectivity index (χ1n) is 9.65. The molecule has 3 N–H and O–H groups in total. The number of nitrogens with two attached hydrogens (primary N) is 1. The van der Waals surface area contributed by atoms with Gasteiger partial charge in [-0.2, -0.15) is 5.10 Å². The molecule has 0 bridgehead atoms. The lowest BCUT2D eigenvalue weighted by Crippen LogP contribution is -2.06. The Labute approximate surface area is 190 Å².